The van der Waals surface area contributed by atoms with Crippen LogP contribution < -0.4 is 9.21 Å². The molecule has 2 heterocycles. The van der Waals surface area contributed by atoms with Crippen LogP contribution in [-0.2, 0) is 16.4 Å². The maximum absolute atomic E-state index is 13.1. The average molecular weight is 346 g/mol. The number of sulfonamides is 1. The first-order valence-electron chi connectivity index (χ1n) is 8.22. The largest absolute Gasteiger partial charge is 0.371 e. The minimum atomic E-state index is -3.66. The van der Waals surface area contributed by atoms with Gasteiger partial charge in [-0.3, -0.25) is 4.31 Å². The second-order valence-electron chi connectivity index (χ2n) is 6.29. The van der Waals surface area contributed by atoms with E-state index in [0.29, 0.717) is 13.0 Å². The molecule has 1 fully saturated rings. The molecule has 0 aromatic heterocycles. The molecule has 2 aromatic rings. The normalized spacial score (nSPS) is 17.4. The number of rotatable bonds is 3. The van der Waals surface area contributed by atoms with Crippen LogP contribution in [0.4, 0.5) is 15.8 Å². The van der Waals surface area contributed by atoms with Crippen LogP contribution >= 0.6 is 0 Å². The molecule has 2 aromatic carbocycles. The van der Waals surface area contributed by atoms with Crippen molar-refractivity contribution in [1.82, 2.24) is 0 Å². The van der Waals surface area contributed by atoms with Crippen molar-refractivity contribution in [2.75, 3.05) is 28.8 Å². The van der Waals surface area contributed by atoms with Gasteiger partial charge in [-0.05, 0) is 61.2 Å². The molecule has 2 aliphatic heterocycles. The number of fused-ring (bicyclic) bond motifs is 1. The lowest BCUT2D eigenvalue weighted by Gasteiger charge is -2.23. The van der Waals surface area contributed by atoms with Crippen LogP contribution in [0.2, 0.25) is 0 Å². The summed E-state index contributed by atoms with van der Waals surface area (Å²) in [5.41, 5.74) is 2.87. The molecule has 0 amide bonds. The summed E-state index contributed by atoms with van der Waals surface area (Å²) in [7, 11) is -3.66. The number of halogens is 1. The second kappa shape index (κ2) is 5.77. The number of anilines is 2. The molecule has 0 saturated carbocycles. The smallest absolute Gasteiger partial charge is 0.264 e. The molecule has 0 unspecified atom stereocenters. The molecule has 2 aliphatic rings. The van der Waals surface area contributed by atoms with Crippen molar-refractivity contribution in [1.29, 1.82) is 0 Å². The van der Waals surface area contributed by atoms with Gasteiger partial charge >= 0.3 is 0 Å². The third kappa shape index (κ3) is 2.55. The van der Waals surface area contributed by atoms with E-state index in [2.05, 4.69) is 11.0 Å². The Hall–Kier alpha value is -2.08. The zero-order valence-corrected chi connectivity index (χ0v) is 14.1. The molecule has 0 bridgehead atoms. The fraction of sp³-hybridized carbons (Fsp3) is 0.333. The van der Waals surface area contributed by atoms with Crippen molar-refractivity contribution in [3.63, 3.8) is 0 Å². The standard InChI is InChI=1S/C18H19FN2O2S/c19-15-4-7-17(8-5-15)24(22,23)21-12-9-14-3-6-16(13-18(14)21)20-10-1-2-11-20/h3-8,13H,1-2,9-12H2. The lowest BCUT2D eigenvalue weighted by molar-refractivity contribution is 0.591. The summed E-state index contributed by atoms with van der Waals surface area (Å²) in [5, 5.41) is 0. The van der Waals surface area contributed by atoms with Crippen molar-refractivity contribution >= 4 is 21.4 Å². The molecule has 4 nitrogen and oxygen atoms in total. The Kier molecular flexibility index (Phi) is 3.72. The number of nitrogens with zero attached hydrogens (tertiary/aromatic N) is 2. The molecule has 0 atom stereocenters. The minimum absolute atomic E-state index is 0.128. The molecule has 0 radical (unpaired) electrons. The third-order valence-corrected chi connectivity index (χ3v) is 6.62. The Morgan fingerprint density at radius 2 is 1.62 bits per heavy atom. The lowest BCUT2D eigenvalue weighted by Crippen LogP contribution is -2.29. The number of hydrogen-bond donors (Lipinski definition) is 0. The van der Waals surface area contributed by atoms with Crippen LogP contribution in [0.25, 0.3) is 0 Å². The van der Waals surface area contributed by atoms with E-state index in [4.69, 9.17) is 0 Å². The summed E-state index contributed by atoms with van der Waals surface area (Å²) in [6, 6.07) is 11.1. The Bertz CT molecular complexity index is 859. The Balaban J connectivity index is 1.72. The molecule has 24 heavy (non-hydrogen) atoms. The fourth-order valence-electron chi connectivity index (χ4n) is 3.49. The predicted octanol–water partition coefficient (Wildman–Crippen LogP) is 3.18. The van der Waals surface area contributed by atoms with Crippen LogP contribution in [0.1, 0.15) is 18.4 Å². The van der Waals surface area contributed by atoms with E-state index >= 15 is 0 Å². The predicted molar refractivity (Wildman–Crippen MR) is 92.5 cm³/mol. The summed E-state index contributed by atoms with van der Waals surface area (Å²) in [5.74, 6) is -0.438. The van der Waals surface area contributed by atoms with Gasteiger partial charge in [-0.1, -0.05) is 6.07 Å². The van der Waals surface area contributed by atoms with Crippen molar-refractivity contribution in [2.24, 2.45) is 0 Å². The highest BCUT2D eigenvalue weighted by Crippen LogP contribution is 2.36. The van der Waals surface area contributed by atoms with Gasteiger partial charge in [-0.25, -0.2) is 12.8 Å². The van der Waals surface area contributed by atoms with Gasteiger partial charge in [0.1, 0.15) is 5.82 Å². The SMILES string of the molecule is O=S(=O)(c1ccc(F)cc1)N1CCc2ccc(N3CCCC3)cc21. The van der Waals surface area contributed by atoms with E-state index < -0.39 is 15.8 Å². The first-order chi connectivity index (χ1) is 11.6. The van der Waals surface area contributed by atoms with E-state index in [1.54, 1.807) is 0 Å². The molecule has 4 rings (SSSR count). The summed E-state index contributed by atoms with van der Waals surface area (Å²) in [4.78, 5) is 2.42. The Morgan fingerprint density at radius 1 is 0.917 bits per heavy atom. The highest BCUT2D eigenvalue weighted by Gasteiger charge is 2.31. The van der Waals surface area contributed by atoms with E-state index in [1.807, 2.05) is 12.1 Å². The first kappa shape index (κ1) is 15.4. The van der Waals surface area contributed by atoms with Crippen molar-refractivity contribution in [3.05, 3.63) is 53.8 Å². The summed E-state index contributed by atoms with van der Waals surface area (Å²) < 4.78 is 40.4. The minimum Gasteiger partial charge on any atom is -0.371 e. The van der Waals surface area contributed by atoms with Crippen molar-refractivity contribution in [3.8, 4) is 0 Å². The van der Waals surface area contributed by atoms with Gasteiger partial charge in [0.25, 0.3) is 10.0 Å². The van der Waals surface area contributed by atoms with E-state index in [9.17, 15) is 12.8 Å². The highest BCUT2D eigenvalue weighted by molar-refractivity contribution is 7.92. The maximum atomic E-state index is 13.1. The molecule has 0 N–H and O–H groups in total. The topological polar surface area (TPSA) is 40.6 Å². The zero-order valence-electron chi connectivity index (χ0n) is 13.3. The summed E-state index contributed by atoms with van der Waals surface area (Å²) in [6.45, 7) is 2.46. The third-order valence-electron chi connectivity index (χ3n) is 4.79. The van der Waals surface area contributed by atoms with E-state index in [-0.39, 0.29) is 4.90 Å². The van der Waals surface area contributed by atoms with Crippen LogP contribution in [-0.4, -0.2) is 28.1 Å². The molecular formula is C18H19FN2O2S. The number of hydrogen-bond acceptors (Lipinski definition) is 3. The van der Waals surface area contributed by atoms with Crippen LogP contribution in [0.15, 0.2) is 47.4 Å². The Labute approximate surface area is 141 Å². The highest BCUT2D eigenvalue weighted by atomic mass is 32.2. The zero-order chi connectivity index (χ0) is 16.7. The Morgan fingerprint density at radius 3 is 2.33 bits per heavy atom. The van der Waals surface area contributed by atoms with Gasteiger partial charge in [0.05, 0.1) is 10.6 Å². The van der Waals surface area contributed by atoms with Gasteiger partial charge in [0, 0.05) is 25.3 Å². The monoisotopic (exact) mass is 346 g/mol. The van der Waals surface area contributed by atoms with Gasteiger partial charge in [-0.15, -0.1) is 0 Å². The lowest BCUT2D eigenvalue weighted by atomic mass is 10.1. The molecule has 0 aliphatic carbocycles. The van der Waals surface area contributed by atoms with Gasteiger partial charge in [0.2, 0.25) is 0 Å². The van der Waals surface area contributed by atoms with E-state index in [0.717, 1.165) is 30.0 Å². The molecule has 6 heteroatoms. The van der Waals surface area contributed by atoms with Gasteiger partial charge in [0.15, 0.2) is 0 Å². The van der Waals surface area contributed by atoms with Crippen LogP contribution in [0.3, 0.4) is 0 Å². The molecule has 0 spiro atoms. The molecule has 126 valence electrons. The van der Waals surface area contributed by atoms with E-state index in [1.165, 1.54) is 41.4 Å². The van der Waals surface area contributed by atoms with Crippen LogP contribution in [0, 0.1) is 5.82 Å². The maximum Gasteiger partial charge on any atom is 0.264 e. The first-order valence-corrected chi connectivity index (χ1v) is 9.66. The summed E-state index contributed by atoms with van der Waals surface area (Å²) in [6.07, 6.45) is 3.05. The fourth-order valence-corrected chi connectivity index (χ4v) is 4.99. The molecule has 1 saturated heterocycles. The van der Waals surface area contributed by atoms with Crippen molar-refractivity contribution < 1.29 is 12.8 Å². The van der Waals surface area contributed by atoms with Crippen molar-refractivity contribution in [2.45, 2.75) is 24.2 Å². The van der Waals surface area contributed by atoms with Gasteiger partial charge < -0.3 is 4.90 Å². The van der Waals surface area contributed by atoms with Gasteiger partial charge in [-0.2, -0.15) is 0 Å². The quantitative estimate of drug-likeness (QED) is 0.857. The molecular weight excluding hydrogens is 327 g/mol. The van der Waals surface area contributed by atoms with Crippen LogP contribution in [0.5, 0.6) is 0 Å². The average Bonchev–Trinajstić information content (AvgIpc) is 3.24. The number of benzene rings is 2. The second-order valence-corrected chi connectivity index (χ2v) is 8.15. The summed E-state index contributed by atoms with van der Waals surface area (Å²) >= 11 is 0.